The van der Waals surface area contributed by atoms with E-state index < -0.39 is 14.6 Å². The largest absolute Gasteiger partial charge is 0.492 e. The number of aryl methyl sites for hydroxylation is 1. The number of hydrogen-bond donors (Lipinski definition) is 0. The van der Waals surface area contributed by atoms with Crippen LogP contribution in [-0.4, -0.2) is 31.3 Å². The van der Waals surface area contributed by atoms with Gasteiger partial charge in [-0.2, -0.15) is 0 Å². The fourth-order valence-corrected chi connectivity index (χ4v) is 2.52. The van der Waals surface area contributed by atoms with E-state index in [1.165, 1.54) is 6.92 Å². The van der Waals surface area contributed by atoms with E-state index in [1.807, 2.05) is 13.0 Å². The summed E-state index contributed by atoms with van der Waals surface area (Å²) in [5.74, 6) is 0.280. The average molecular weight is 298 g/mol. The van der Waals surface area contributed by atoms with Crippen LogP contribution in [-0.2, 0) is 9.84 Å². The number of Topliss-reactive ketones (excluding diaryl/α,β-unsaturated/α-hetero) is 1. The quantitative estimate of drug-likeness (QED) is 0.784. The molecule has 0 spiro atoms. The topological polar surface area (TPSA) is 60.4 Å². The van der Waals surface area contributed by atoms with Crippen molar-refractivity contribution < 1.29 is 17.9 Å². The molecule has 4 nitrogen and oxygen atoms in total. The van der Waals surface area contributed by atoms with Gasteiger partial charge in [0.2, 0.25) is 0 Å². The van der Waals surface area contributed by atoms with Crippen molar-refractivity contribution in [2.75, 3.05) is 12.4 Å². The molecule has 0 aliphatic carbocycles. The van der Waals surface area contributed by atoms with Gasteiger partial charge in [0.25, 0.3) is 0 Å². The molecule has 1 aromatic rings. The number of ketones is 1. The monoisotopic (exact) mass is 298 g/mol. The molecule has 0 aliphatic heterocycles. The predicted octanol–water partition coefficient (Wildman–Crippen LogP) is 2.79. The molecule has 0 bridgehead atoms. The number of rotatable bonds is 5. The molecule has 0 unspecified atom stereocenters. The van der Waals surface area contributed by atoms with Crippen LogP contribution >= 0.6 is 0 Å². The average Bonchev–Trinajstić information content (AvgIpc) is 2.26. The summed E-state index contributed by atoms with van der Waals surface area (Å²) in [5.41, 5.74) is 1.44. The van der Waals surface area contributed by atoms with Crippen molar-refractivity contribution in [3.8, 4) is 5.75 Å². The van der Waals surface area contributed by atoms with Gasteiger partial charge in [0.15, 0.2) is 15.6 Å². The van der Waals surface area contributed by atoms with Gasteiger partial charge in [0.05, 0.1) is 16.1 Å². The van der Waals surface area contributed by atoms with Gasteiger partial charge in [-0.25, -0.2) is 8.42 Å². The van der Waals surface area contributed by atoms with Crippen molar-refractivity contribution in [3.05, 3.63) is 29.3 Å². The second-order valence-corrected chi connectivity index (χ2v) is 8.70. The molecule has 0 amide bonds. The minimum atomic E-state index is -3.22. The van der Waals surface area contributed by atoms with Crippen LogP contribution in [0, 0.1) is 6.92 Å². The molecule has 0 aliphatic rings. The van der Waals surface area contributed by atoms with Crippen LogP contribution in [0.25, 0.3) is 0 Å². The lowest BCUT2D eigenvalue weighted by atomic mass is 10.1. The predicted molar refractivity (Wildman–Crippen MR) is 80.2 cm³/mol. The van der Waals surface area contributed by atoms with E-state index in [-0.39, 0.29) is 18.1 Å². The molecule has 20 heavy (non-hydrogen) atoms. The maximum Gasteiger partial charge on any atom is 0.163 e. The fourth-order valence-electron chi connectivity index (χ4n) is 1.61. The molecular weight excluding hydrogens is 276 g/mol. The lowest BCUT2D eigenvalue weighted by Crippen LogP contribution is -2.32. The van der Waals surface area contributed by atoms with Crippen molar-refractivity contribution in [1.82, 2.24) is 0 Å². The molecule has 1 rings (SSSR count). The highest BCUT2D eigenvalue weighted by atomic mass is 32.2. The summed E-state index contributed by atoms with van der Waals surface area (Å²) in [6.07, 6.45) is 0. The van der Waals surface area contributed by atoms with Gasteiger partial charge in [-0.15, -0.1) is 0 Å². The Morgan fingerprint density at radius 3 is 2.35 bits per heavy atom. The molecule has 0 aromatic heterocycles. The van der Waals surface area contributed by atoms with Gasteiger partial charge in [0, 0.05) is 0 Å². The standard InChI is InChI=1S/C15H22O4S/c1-11-6-7-13(12(2)16)14(10-11)19-8-9-20(17,18)15(3,4)5/h6-7,10H,8-9H2,1-5H3. The Kier molecular flexibility index (Phi) is 4.97. The van der Waals surface area contributed by atoms with E-state index in [0.717, 1.165) is 5.56 Å². The summed E-state index contributed by atoms with van der Waals surface area (Å²) in [5, 5.41) is 0. The lowest BCUT2D eigenvalue weighted by Gasteiger charge is -2.19. The summed E-state index contributed by atoms with van der Waals surface area (Å²) in [7, 11) is -3.22. The second-order valence-electron chi connectivity index (χ2n) is 5.84. The number of carbonyl (C=O) groups is 1. The first-order valence-corrected chi connectivity index (χ1v) is 8.16. The van der Waals surface area contributed by atoms with Crippen molar-refractivity contribution >= 4 is 15.6 Å². The van der Waals surface area contributed by atoms with Crippen LogP contribution in [0.2, 0.25) is 0 Å². The Balaban J connectivity index is 2.82. The Morgan fingerprint density at radius 1 is 1.25 bits per heavy atom. The molecule has 0 N–H and O–H groups in total. The third-order valence-electron chi connectivity index (χ3n) is 3.06. The van der Waals surface area contributed by atoms with Crippen LogP contribution < -0.4 is 4.74 Å². The number of carbonyl (C=O) groups excluding carboxylic acids is 1. The van der Waals surface area contributed by atoms with Gasteiger partial charge in [-0.1, -0.05) is 6.07 Å². The number of hydrogen-bond acceptors (Lipinski definition) is 4. The van der Waals surface area contributed by atoms with E-state index in [4.69, 9.17) is 4.74 Å². The van der Waals surface area contributed by atoms with Gasteiger partial charge in [0.1, 0.15) is 12.4 Å². The first-order chi connectivity index (χ1) is 9.04. The van der Waals surface area contributed by atoms with Gasteiger partial charge in [-0.05, 0) is 52.3 Å². The van der Waals surface area contributed by atoms with Crippen molar-refractivity contribution in [3.63, 3.8) is 0 Å². The first-order valence-electron chi connectivity index (χ1n) is 6.51. The third kappa shape index (κ3) is 4.07. The zero-order chi connectivity index (χ0) is 15.6. The molecular formula is C15H22O4S. The fraction of sp³-hybridized carbons (Fsp3) is 0.533. The maximum absolute atomic E-state index is 12.0. The van der Waals surface area contributed by atoms with E-state index in [1.54, 1.807) is 32.9 Å². The molecule has 0 saturated carbocycles. The summed E-state index contributed by atoms with van der Waals surface area (Å²) < 4.78 is 28.7. The smallest absolute Gasteiger partial charge is 0.163 e. The Labute approximate surface area is 121 Å². The van der Waals surface area contributed by atoms with Crippen molar-refractivity contribution in [2.45, 2.75) is 39.4 Å². The number of benzene rings is 1. The second kappa shape index (κ2) is 5.95. The van der Waals surface area contributed by atoms with E-state index in [9.17, 15) is 13.2 Å². The third-order valence-corrected chi connectivity index (χ3v) is 5.63. The molecule has 1 aromatic carbocycles. The Bertz CT molecular complexity index is 595. The van der Waals surface area contributed by atoms with Crippen LogP contribution in [0.5, 0.6) is 5.75 Å². The van der Waals surface area contributed by atoms with Gasteiger partial charge < -0.3 is 4.74 Å². The lowest BCUT2D eigenvalue weighted by molar-refractivity contribution is 0.101. The normalized spacial score (nSPS) is 12.2. The van der Waals surface area contributed by atoms with Gasteiger partial charge in [-0.3, -0.25) is 4.79 Å². The van der Waals surface area contributed by atoms with E-state index in [2.05, 4.69) is 0 Å². The number of ether oxygens (including phenoxy) is 1. The number of sulfone groups is 1. The highest BCUT2D eigenvalue weighted by Crippen LogP contribution is 2.22. The molecule has 0 radical (unpaired) electrons. The summed E-state index contributed by atoms with van der Waals surface area (Å²) >= 11 is 0. The first kappa shape index (κ1) is 16.7. The van der Waals surface area contributed by atoms with Crippen LogP contribution in [0.1, 0.15) is 43.6 Å². The Morgan fingerprint density at radius 2 is 1.85 bits per heavy atom. The zero-order valence-electron chi connectivity index (χ0n) is 12.7. The zero-order valence-corrected chi connectivity index (χ0v) is 13.5. The summed E-state index contributed by atoms with van der Waals surface area (Å²) in [4.78, 5) is 11.5. The molecule has 0 heterocycles. The van der Waals surface area contributed by atoms with E-state index >= 15 is 0 Å². The molecule has 5 heteroatoms. The molecule has 112 valence electrons. The summed E-state index contributed by atoms with van der Waals surface area (Å²) in [6.45, 7) is 8.39. The van der Waals surface area contributed by atoms with Crippen molar-refractivity contribution in [2.24, 2.45) is 0 Å². The minimum Gasteiger partial charge on any atom is -0.492 e. The van der Waals surface area contributed by atoms with Crippen LogP contribution in [0.15, 0.2) is 18.2 Å². The highest BCUT2D eigenvalue weighted by molar-refractivity contribution is 7.92. The maximum atomic E-state index is 12.0. The minimum absolute atomic E-state index is 0.0450. The molecule has 0 atom stereocenters. The van der Waals surface area contributed by atoms with Gasteiger partial charge >= 0.3 is 0 Å². The highest BCUT2D eigenvalue weighted by Gasteiger charge is 2.28. The summed E-state index contributed by atoms with van der Waals surface area (Å²) in [6, 6.07) is 5.28. The van der Waals surface area contributed by atoms with Crippen LogP contribution in [0.4, 0.5) is 0 Å². The van der Waals surface area contributed by atoms with E-state index in [0.29, 0.717) is 11.3 Å². The SMILES string of the molecule is CC(=O)c1ccc(C)cc1OCCS(=O)(=O)C(C)(C)C. The van der Waals surface area contributed by atoms with Crippen LogP contribution in [0.3, 0.4) is 0 Å². The molecule has 0 saturated heterocycles. The molecule has 0 fully saturated rings. The Hall–Kier alpha value is -1.36. The van der Waals surface area contributed by atoms with Crippen molar-refractivity contribution in [1.29, 1.82) is 0 Å².